The van der Waals surface area contributed by atoms with Gasteiger partial charge in [0.25, 0.3) is 0 Å². The average molecular weight is 354 g/mol. The number of carbonyl (C=O) groups excluding carboxylic acids is 1. The SMILES string of the molecule is CC(C)Oc1ccccc1N(CCC(=O)N1CCCC1)S(C)(=O)=O. The molecule has 2 rings (SSSR count). The van der Waals surface area contributed by atoms with Crippen LogP contribution < -0.4 is 9.04 Å². The molecule has 0 unspecified atom stereocenters. The minimum absolute atomic E-state index is 0.00316. The van der Waals surface area contributed by atoms with E-state index in [-0.39, 0.29) is 25.0 Å². The average Bonchev–Trinajstić information content (AvgIpc) is 3.01. The van der Waals surface area contributed by atoms with E-state index in [1.807, 2.05) is 13.8 Å². The zero-order valence-corrected chi connectivity index (χ0v) is 15.4. The van der Waals surface area contributed by atoms with Crippen LogP contribution in [0.15, 0.2) is 24.3 Å². The van der Waals surface area contributed by atoms with Gasteiger partial charge in [-0.1, -0.05) is 12.1 Å². The fourth-order valence-electron chi connectivity index (χ4n) is 2.80. The summed E-state index contributed by atoms with van der Waals surface area (Å²) < 4.78 is 31.5. The van der Waals surface area contributed by atoms with Gasteiger partial charge in [-0.2, -0.15) is 0 Å². The number of likely N-dealkylation sites (tertiary alicyclic amines) is 1. The molecule has 1 fully saturated rings. The number of hydrogen-bond acceptors (Lipinski definition) is 4. The van der Waals surface area contributed by atoms with Crippen molar-refractivity contribution in [2.24, 2.45) is 0 Å². The number of anilines is 1. The molecule has 134 valence electrons. The third-order valence-electron chi connectivity index (χ3n) is 3.88. The monoisotopic (exact) mass is 354 g/mol. The summed E-state index contributed by atoms with van der Waals surface area (Å²) in [5, 5.41) is 0. The standard InChI is InChI=1S/C17H26N2O4S/c1-14(2)23-16-9-5-4-8-15(16)19(24(3,21)22)13-10-17(20)18-11-6-7-12-18/h4-5,8-9,14H,6-7,10-13H2,1-3H3. The van der Waals surface area contributed by atoms with Gasteiger partial charge >= 0.3 is 0 Å². The molecule has 1 aromatic rings. The van der Waals surface area contributed by atoms with Crippen molar-refractivity contribution in [1.29, 1.82) is 0 Å². The Kier molecular flexibility index (Phi) is 6.10. The molecule has 24 heavy (non-hydrogen) atoms. The van der Waals surface area contributed by atoms with E-state index in [0.717, 1.165) is 32.2 Å². The van der Waals surface area contributed by atoms with Crippen LogP contribution in [0.5, 0.6) is 5.75 Å². The van der Waals surface area contributed by atoms with Gasteiger partial charge in [0.15, 0.2) is 0 Å². The molecule has 0 spiro atoms. The Morgan fingerprint density at radius 3 is 2.46 bits per heavy atom. The highest BCUT2D eigenvalue weighted by atomic mass is 32.2. The van der Waals surface area contributed by atoms with Crippen LogP contribution >= 0.6 is 0 Å². The van der Waals surface area contributed by atoms with E-state index < -0.39 is 10.0 Å². The molecule has 0 radical (unpaired) electrons. The first-order chi connectivity index (χ1) is 11.3. The van der Waals surface area contributed by atoms with E-state index in [1.54, 1.807) is 29.2 Å². The lowest BCUT2D eigenvalue weighted by atomic mass is 10.2. The summed E-state index contributed by atoms with van der Waals surface area (Å²) in [5.74, 6) is 0.509. The molecule has 0 saturated carbocycles. The molecule has 0 aromatic heterocycles. The first-order valence-corrected chi connectivity index (χ1v) is 10.1. The van der Waals surface area contributed by atoms with Gasteiger partial charge < -0.3 is 9.64 Å². The molecule has 0 N–H and O–H groups in total. The van der Waals surface area contributed by atoms with Crippen molar-refractivity contribution in [3.05, 3.63) is 24.3 Å². The van der Waals surface area contributed by atoms with E-state index in [9.17, 15) is 13.2 Å². The number of para-hydroxylation sites is 2. The van der Waals surface area contributed by atoms with Gasteiger partial charge in [0.2, 0.25) is 15.9 Å². The van der Waals surface area contributed by atoms with Gasteiger partial charge in [0, 0.05) is 26.1 Å². The predicted molar refractivity (Wildman–Crippen MR) is 94.8 cm³/mol. The molecule has 1 aliphatic heterocycles. The number of hydrogen-bond donors (Lipinski definition) is 0. The molecule has 0 aliphatic carbocycles. The van der Waals surface area contributed by atoms with Crippen molar-refractivity contribution in [2.75, 3.05) is 30.2 Å². The van der Waals surface area contributed by atoms with E-state index in [4.69, 9.17) is 4.74 Å². The second-order valence-electron chi connectivity index (χ2n) is 6.31. The van der Waals surface area contributed by atoms with Crippen molar-refractivity contribution in [3.8, 4) is 5.75 Å². The lowest BCUT2D eigenvalue weighted by molar-refractivity contribution is -0.129. The smallest absolute Gasteiger partial charge is 0.232 e. The van der Waals surface area contributed by atoms with Gasteiger partial charge in [-0.25, -0.2) is 8.42 Å². The molecule has 1 saturated heterocycles. The molecule has 0 atom stereocenters. The Morgan fingerprint density at radius 2 is 1.88 bits per heavy atom. The fraction of sp³-hybridized carbons (Fsp3) is 0.588. The summed E-state index contributed by atoms with van der Waals surface area (Å²) in [7, 11) is -3.51. The number of carbonyl (C=O) groups is 1. The summed E-state index contributed by atoms with van der Waals surface area (Å²) in [6, 6.07) is 7.02. The minimum atomic E-state index is -3.51. The summed E-state index contributed by atoms with van der Waals surface area (Å²) in [4.78, 5) is 14.0. The molecule has 1 aromatic carbocycles. The van der Waals surface area contributed by atoms with E-state index in [2.05, 4.69) is 0 Å². The number of amides is 1. The van der Waals surface area contributed by atoms with Crippen molar-refractivity contribution < 1.29 is 17.9 Å². The van der Waals surface area contributed by atoms with E-state index in [1.165, 1.54) is 4.31 Å². The Bertz CT molecular complexity index is 667. The van der Waals surface area contributed by atoms with Crippen molar-refractivity contribution in [2.45, 2.75) is 39.2 Å². The topological polar surface area (TPSA) is 66.9 Å². The zero-order chi connectivity index (χ0) is 17.7. The molecule has 1 amide bonds. The molecule has 0 bridgehead atoms. The maximum Gasteiger partial charge on any atom is 0.232 e. The minimum Gasteiger partial charge on any atom is -0.489 e. The number of sulfonamides is 1. The lowest BCUT2D eigenvalue weighted by Gasteiger charge is -2.26. The van der Waals surface area contributed by atoms with E-state index in [0.29, 0.717) is 11.4 Å². The van der Waals surface area contributed by atoms with Crippen molar-refractivity contribution >= 4 is 21.6 Å². The Morgan fingerprint density at radius 1 is 1.25 bits per heavy atom. The van der Waals surface area contributed by atoms with Crippen LogP contribution in [-0.4, -0.2) is 51.2 Å². The Balaban J connectivity index is 2.19. The molecule has 7 heteroatoms. The summed E-state index contributed by atoms with van der Waals surface area (Å²) >= 11 is 0. The van der Waals surface area contributed by atoms with Crippen molar-refractivity contribution in [3.63, 3.8) is 0 Å². The van der Waals surface area contributed by atoms with Crippen LogP contribution in [-0.2, 0) is 14.8 Å². The van der Waals surface area contributed by atoms with Crippen molar-refractivity contribution in [1.82, 2.24) is 4.90 Å². The van der Waals surface area contributed by atoms with Gasteiger partial charge in [-0.3, -0.25) is 9.10 Å². The van der Waals surface area contributed by atoms with Crippen LogP contribution in [0.2, 0.25) is 0 Å². The second-order valence-corrected chi connectivity index (χ2v) is 8.21. The van der Waals surface area contributed by atoms with Gasteiger partial charge in [0.1, 0.15) is 5.75 Å². The quantitative estimate of drug-likeness (QED) is 0.753. The van der Waals surface area contributed by atoms with Gasteiger partial charge in [0.05, 0.1) is 18.0 Å². The predicted octanol–water partition coefficient (Wildman–Crippen LogP) is 2.25. The maximum atomic E-state index is 12.2. The normalized spacial score (nSPS) is 14.9. The Labute approximate surface area is 144 Å². The van der Waals surface area contributed by atoms with Crippen LogP contribution in [0.4, 0.5) is 5.69 Å². The number of ether oxygens (including phenoxy) is 1. The molecule has 1 aliphatic rings. The first-order valence-electron chi connectivity index (χ1n) is 8.30. The van der Waals surface area contributed by atoms with Gasteiger partial charge in [-0.05, 0) is 38.8 Å². The summed E-state index contributed by atoms with van der Waals surface area (Å²) in [5.41, 5.74) is 0.475. The number of benzene rings is 1. The fourth-order valence-corrected chi connectivity index (χ4v) is 3.73. The highest BCUT2D eigenvalue weighted by molar-refractivity contribution is 7.92. The highest BCUT2D eigenvalue weighted by Gasteiger charge is 2.24. The number of rotatable bonds is 7. The Hall–Kier alpha value is -1.76. The summed E-state index contributed by atoms with van der Waals surface area (Å²) in [6.45, 7) is 5.43. The van der Waals surface area contributed by atoms with Crippen LogP contribution in [0.3, 0.4) is 0 Å². The van der Waals surface area contributed by atoms with Crippen LogP contribution in [0, 0.1) is 0 Å². The molecular weight excluding hydrogens is 328 g/mol. The zero-order valence-electron chi connectivity index (χ0n) is 14.6. The molecular formula is C17H26N2O4S. The number of nitrogens with zero attached hydrogens (tertiary/aromatic N) is 2. The first kappa shape index (κ1) is 18.6. The lowest BCUT2D eigenvalue weighted by Crippen LogP contribution is -2.36. The highest BCUT2D eigenvalue weighted by Crippen LogP contribution is 2.30. The molecule has 6 nitrogen and oxygen atoms in total. The van der Waals surface area contributed by atoms with Gasteiger partial charge in [-0.15, -0.1) is 0 Å². The van der Waals surface area contributed by atoms with Crippen LogP contribution in [0.1, 0.15) is 33.1 Å². The van der Waals surface area contributed by atoms with Crippen LogP contribution in [0.25, 0.3) is 0 Å². The molecule has 1 heterocycles. The third-order valence-corrected chi connectivity index (χ3v) is 5.06. The largest absolute Gasteiger partial charge is 0.489 e. The third kappa shape index (κ3) is 4.87. The summed E-state index contributed by atoms with van der Waals surface area (Å²) in [6.07, 6.45) is 3.29. The van der Waals surface area contributed by atoms with E-state index >= 15 is 0 Å². The maximum absolute atomic E-state index is 12.2. The second kappa shape index (κ2) is 7.88.